The van der Waals surface area contributed by atoms with Gasteiger partial charge in [0.25, 0.3) is 0 Å². The quantitative estimate of drug-likeness (QED) is 0.266. The summed E-state index contributed by atoms with van der Waals surface area (Å²) in [4.78, 5) is 0. The van der Waals surface area contributed by atoms with Crippen molar-refractivity contribution in [3.8, 4) is 0 Å². The Morgan fingerprint density at radius 1 is 0.926 bits per heavy atom. The third-order valence-corrected chi connectivity index (χ3v) is 9.66. The van der Waals surface area contributed by atoms with Crippen molar-refractivity contribution in [1.29, 1.82) is 0 Å². The summed E-state index contributed by atoms with van der Waals surface area (Å²) in [5.74, 6) is 0. The number of ether oxygens (including phenoxy) is 1. The van der Waals surface area contributed by atoms with Crippen molar-refractivity contribution in [3.05, 3.63) is 83.9 Å². The van der Waals surface area contributed by atoms with E-state index in [1.807, 2.05) is 24.3 Å². The molecule has 0 aliphatic heterocycles. The highest BCUT2D eigenvalue weighted by Gasteiger charge is 2.38. The molecule has 3 heteroatoms. The fourth-order valence-electron chi connectivity index (χ4n) is 2.49. The number of hydrogen-bond acceptors (Lipinski definition) is 2. The maximum absolute atomic E-state index is 6.68. The molecule has 0 radical (unpaired) electrons. The molecule has 2 nitrogen and oxygen atoms in total. The van der Waals surface area contributed by atoms with E-state index in [0.29, 0.717) is 13.2 Å². The van der Waals surface area contributed by atoms with Crippen LogP contribution in [0.1, 0.15) is 44.4 Å². The van der Waals surface area contributed by atoms with E-state index in [4.69, 9.17) is 9.16 Å². The van der Waals surface area contributed by atoms with Crippen LogP contribution in [0.4, 0.5) is 0 Å². The minimum Gasteiger partial charge on any atom is -0.407 e. The number of hydrogen-bond donors (Lipinski definition) is 0. The predicted octanol–water partition coefficient (Wildman–Crippen LogP) is 6.91. The maximum Gasteiger partial charge on any atom is 0.193 e. The van der Waals surface area contributed by atoms with E-state index in [9.17, 15) is 0 Å². The molecule has 0 saturated carbocycles. The lowest BCUT2D eigenvalue weighted by Gasteiger charge is -2.38. The molecule has 146 valence electrons. The average molecular weight is 383 g/mol. The SMILES string of the molecule is CC(C)(C)[Si](C)(C)OC(/C=C/CCOCc1ccccc1)c1ccccc1. The van der Waals surface area contributed by atoms with Gasteiger partial charge in [-0.15, -0.1) is 0 Å². The summed E-state index contributed by atoms with van der Waals surface area (Å²) in [6, 6.07) is 20.8. The van der Waals surface area contributed by atoms with Crippen molar-refractivity contribution >= 4 is 8.32 Å². The van der Waals surface area contributed by atoms with Gasteiger partial charge in [-0.25, -0.2) is 0 Å². The minimum atomic E-state index is -1.85. The summed E-state index contributed by atoms with van der Waals surface area (Å²) >= 11 is 0. The fourth-order valence-corrected chi connectivity index (χ4v) is 3.69. The normalized spacial score (nSPS) is 13.8. The van der Waals surface area contributed by atoms with E-state index in [1.54, 1.807) is 0 Å². The standard InChI is InChI=1S/C24H34O2Si/c1-24(2,3)27(4,5)26-23(22-16-10-7-11-17-22)18-12-13-19-25-20-21-14-8-6-9-15-21/h6-12,14-18,23H,13,19-20H2,1-5H3/b18-12+. The topological polar surface area (TPSA) is 18.5 Å². The smallest absolute Gasteiger partial charge is 0.193 e. The van der Waals surface area contributed by atoms with Crippen LogP contribution in [-0.2, 0) is 15.8 Å². The second-order valence-electron chi connectivity index (χ2n) is 8.46. The predicted molar refractivity (Wildman–Crippen MR) is 117 cm³/mol. The van der Waals surface area contributed by atoms with E-state index < -0.39 is 8.32 Å². The second kappa shape index (κ2) is 10.0. The molecule has 1 atom stereocenters. The van der Waals surface area contributed by atoms with Crippen LogP contribution < -0.4 is 0 Å². The highest BCUT2D eigenvalue weighted by molar-refractivity contribution is 6.74. The molecule has 0 saturated heterocycles. The third-order valence-electron chi connectivity index (χ3n) is 5.21. The van der Waals surface area contributed by atoms with Crippen LogP contribution >= 0.6 is 0 Å². The van der Waals surface area contributed by atoms with Crippen LogP contribution in [0.15, 0.2) is 72.8 Å². The van der Waals surface area contributed by atoms with Gasteiger partial charge in [-0.2, -0.15) is 0 Å². The minimum absolute atomic E-state index is 0.00113. The molecule has 27 heavy (non-hydrogen) atoms. The highest BCUT2D eigenvalue weighted by atomic mass is 28.4. The van der Waals surface area contributed by atoms with Gasteiger partial charge in [-0.3, -0.25) is 0 Å². The van der Waals surface area contributed by atoms with Crippen LogP contribution in [0, 0.1) is 0 Å². The summed E-state index contributed by atoms with van der Waals surface area (Å²) in [6.45, 7) is 12.8. The summed E-state index contributed by atoms with van der Waals surface area (Å²) in [7, 11) is -1.85. The first-order valence-corrected chi connectivity index (χ1v) is 12.7. The van der Waals surface area contributed by atoms with Gasteiger partial charge in [0, 0.05) is 0 Å². The van der Waals surface area contributed by atoms with Crippen LogP contribution in [-0.4, -0.2) is 14.9 Å². The Morgan fingerprint density at radius 2 is 1.52 bits per heavy atom. The molecular weight excluding hydrogens is 348 g/mol. The third kappa shape index (κ3) is 7.09. The average Bonchev–Trinajstić information content (AvgIpc) is 2.64. The zero-order chi connectivity index (χ0) is 19.8. The molecule has 2 aromatic rings. The van der Waals surface area contributed by atoms with Gasteiger partial charge in [0.2, 0.25) is 0 Å². The zero-order valence-electron chi connectivity index (χ0n) is 17.4. The Morgan fingerprint density at radius 3 is 2.11 bits per heavy atom. The van der Waals surface area contributed by atoms with Crippen molar-refractivity contribution in [2.24, 2.45) is 0 Å². The molecular formula is C24H34O2Si. The van der Waals surface area contributed by atoms with Crippen molar-refractivity contribution in [2.75, 3.05) is 6.61 Å². The molecule has 0 spiro atoms. The van der Waals surface area contributed by atoms with E-state index in [1.165, 1.54) is 11.1 Å². The van der Waals surface area contributed by atoms with Gasteiger partial charge in [-0.1, -0.05) is 93.6 Å². The summed E-state index contributed by atoms with van der Waals surface area (Å²) in [5, 5.41) is 0.187. The summed E-state index contributed by atoms with van der Waals surface area (Å²) < 4.78 is 12.5. The molecule has 0 aliphatic rings. The molecule has 2 rings (SSSR count). The summed E-state index contributed by atoms with van der Waals surface area (Å²) in [6.07, 6.45) is 5.27. The molecule has 0 heterocycles. The molecule has 0 N–H and O–H groups in total. The second-order valence-corrected chi connectivity index (χ2v) is 13.2. The number of benzene rings is 2. The highest BCUT2D eigenvalue weighted by Crippen LogP contribution is 2.40. The Labute approximate surface area is 166 Å². The van der Waals surface area contributed by atoms with Gasteiger partial charge < -0.3 is 9.16 Å². The molecule has 0 bridgehead atoms. The summed E-state index contributed by atoms with van der Waals surface area (Å²) in [5.41, 5.74) is 2.42. The van der Waals surface area contributed by atoms with Crippen LogP contribution in [0.3, 0.4) is 0 Å². The van der Waals surface area contributed by atoms with E-state index in [-0.39, 0.29) is 11.1 Å². The van der Waals surface area contributed by atoms with Gasteiger partial charge in [-0.05, 0) is 35.7 Å². The first kappa shape index (κ1) is 21.6. The molecule has 1 unspecified atom stereocenters. The van der Waals surface area contributed by atoms with Crippen LogP contribution in [0.5, 0.6) is 0 Å². The van der Waals surface area contributed by atoms with Gasteiger partial charge >= 0.3 is 0 Å². The van der Waals surface area contributed by atoms with Crippen molar-refractivity contribution in [3.63, 3.8) is 0 Å². The van der Waals surface area contributed by atoms with E-state index in [0.717, 1.165) is 6.42 Å². The maximum atomic E-state index is 6.68. The first-order valence-electron chi connectivity index (χ1n) is 9.81. The van der Waals surface area contributed by atoms with Gasteiger partial charge in [0.05, 0.1) is 19.3 Å². The van der Waals surface area contributed by atoms with Crippen molar-refractivity contribution in [1.82, 2.24) is 0 Å². The lowest BCUT2D eigenvalue weighted by atomic mass is 10.1. The Balaban J connectivity index is 1.92. The van der Waals surface area contributed by atoms with Crippen molar-refractivity contribution < 1.29 is 9.16 Å². The first-order chi connectivity index (χ1) is 12.8. The van der Waals surface area contributed by atoms with Crippen LogP contribution in [0.25, 0.3) is 0 Å². The van der Waals surface area contributed by atoms with E-state index >= 15 is 0 Å². The van der Waals surface area contributed by atoms with Crippen LogP contribution in [0.2, 0.25) is 18.1 Å². The monoisotopic (exact) mass is 382 g/mol. The largest absolute Gasteiger partial charge is 0.407 e. The lowest BCUT2D eigenvalue weighted by molar-refractivity contribution is 0.125. The zero-order valence-corrected chi connectivity index (χ0v) is 18.4. The van der Waals surface area contributed by atoms with Gasteiger partial charge in [0.15, 0.2) is 8.32 Å². The fraction of sp³-hybridized carbons (Fsp3) is 0.417. The molecule has 2 aromatic carbocycles. The van der Waals surface area contributed by atoms with Gasteiger partial charge in [0.1, 0.15) is 0 Å². The number of rotatable bonds is 9. The molecule has 0 aromatic heterocycles. The molecule has 0 fully saturated rings. The Bertz CT molecular complexity index is 687. The van der Waals surface area contributed by atoms with E-state index in [2.05, 4.69) is 82.4 Å². The molecule has 0 amide bonds. The Hall–Kier alpha value is -1.68. The van der Waals surface area contributed by atoms with Crippen molar-refractivity contribution in [2.45, 2.75) is 58.0 Å². The Kier molecular flexibility index (Phi) is 8.02. The molecule has 0 aliphatic carbocycles. The lowest BCUT2D eigenvalue weighted by Crippen LogP contribution is -2.41.